The predicted molar refractivity (Wildman–Crippen MR) is 208 cm³/mol. The molecule has 4 aromatic carbocycles. The van der Waals surface area contributed by atoms with E-state index in [1.165, 1.54) is 48.5 Å². The van der Waals surface area contributed by atoms with E-state index < -0.39 is 43.6 Å². The Morgan fingerprint density at radius 1 is 0.789 bits per heavy atom. The molecule has 57 heavy (non-hydrogen) atoms. The van der Waals surface area contributed by atoms with Crippen LogP contribution in [0.25, 0.3) is 17.2 Å². The Labute approximate surface area is 327 Å². The number of fused-ring (bicyclic) bond motifs is 2. The van der Waals surface area contributed by atoms with E-state index in [1.54, 1.807) is 58.0 Å². The molecule has 0 fully saturated rings. The molecule has 16 nitrogen and oxygen atoms in total. The lowest BCUT2D eigenvalue weighted by atomic mass is 10.1. The highest BCUT2D eigenvalue weighted by atomic mass is 32.2. The molecule has 0 saturated heterocycles. The first kappa shape index (κ1) is 40.5. The van der Waals surface area contributed by atoms with Gasteiger partial charge in [0.25, 0.3) is 17.3 Å². The molecule has 6 rings (SSSR count). The average molecular weight is 818 g/mol. The zero-order chi connectivity index (χ0) is 40.9. The highest BCUT2D eigenvalue weighted by Gasteiger charge is 2.29. The minimum atomic E-state index is -4.54. The van der Waals surface area contributed by atoms with Crippen molar-refractivity contribution in [3.8, 4) is 17.2 Å². The van der Waals surface area contributed by atoms with Gasteiger partial charge in [-0.05, 0) is 97.3 Å². The van der Waals surface area contributed by atoms with Crippen molar-refractivity contribution in [2.75, 3.05) is 33.6 Å². The number of benzene rings is 4. The fraction of sp³-hybridized carbons (Fsp3) is 0.205. The lowest BCUT2D eigenvalue weighted by Crippen LogP contribution is -2.36. The summed E-state index contributed by atoms with van der Waals surface area (Å²) in [5, 5.41) is 24.7. The third kappa shape index (κ3) is 10.6. The van der Waals surface area contributed by atoms with E-state index in [2.05, 4.69) is 10.6 Å². The molecular formula is C39H37N4O12S2-. The number of allylic oxidation sites excluding steroid dienone is 2. The first-order valence-electron chi connectivity index (χ1n) is 17.6. The quantitative estimate of drug-likeness (QED) is 0.0616. The number of anilines is 3. The Hall–Kier alpha value is -6.21. The summed E-state index contributed by atoms with van der Waals surface area (Å²) in [6.45, 7) is 1.92. The fourth-order valence-corrected chi connectivity index (χ4v) is 6.98. The molecule has 0 saturated carbocycles. The van der Waals surface area contributed by atoms with Crippen LogP contribution in [-0.4, -0.2) is 66.0 Å². The molecular weight excluding hydrogens is 781 g/mol. The second-order valence-electron chi connectivity index (χ2n) is 13.0. The Kier molecular flexibility index (Phi) is 12.0. The zero-order valence-corrected chi connectivity index (χ0v) is 32.0. The number of aryl methyl sites for hydroxylation is 1. The highest BCUT2D eigenvalue weighted by Crippen LogP contribution is 2.40. The van der Waals surface area contributed by atoms with Crippen LogP contribution >= 0.6 is 0 Å². The zero-order valence-electron chi connectivity index (χ0n) is 30.4. The summed E-state index contributed by atoms with van der Waals surface area (Å²) in [5.41, 5.74) is 3.24. The van der Waals surface area contributed by atoms with Gasteiger partial charge in [0.15, 0.2) is 12.3 Å². The molecule has 1 aliphatic rings. The van der Waals surface area contributed by atoms with Crippen LogP contribution in [0.2, 0.25) is 0 Å². The maximum absolute atomic E-state index is 13.2. The van der Waals surface area contributed by atoms with Gasteiger partial charge >= 0.3 is 5.89 Å². The number of phenols is 2. The molecule has 0 spiro atoms. The van der Waals surface area contributed by atoms with Gasteiger partial charge in [-0.1, -0.05) is 6.92 Å². The lowest BCUT2D eigenvalue weighted by Gasteiger charge is -2.19. The van der Waals surface area contributed by atoms with Gasteiger partial charge < -0.3 is 44.0 Å². The molecule has 1 aliphatic heterocycles. The normalized spacial score (nSPS) is 13.8. The standard InChI is InChI=1S/C39H38N4O12S2/c1-2-25(21-36-42(17-3-19-56(48,49)50)32-23-26(5-15-34(32)54-36)38(46)40-28-7-11-30(44)12-8-28)22-37-43(18-4-20-57(51,52)53)33-24-27(6-16-35(33)55-37)39(47)41-29-9-13-31(45)14-10-29/h5-16,21-24H,2-4,17-20H2,1H3,(H5-,40,41,44,45,46,47,48,49,50,51,52,53)/p-1. The van der Waals surface area contributed by atoms with Crippen molar-refractivity contribution in [2.24, 2.45) is 0 Å². The second-order valence-corrected chi connectivity index (χ2v) is 16.0. The second kappa shape index (κ2) is 16.9. The van der Waals surface area contributed by atoms with Crippen molar-refractivity contribution < 1.29 is 59.5 Å². The molecule has 0 unspecified atom stereocenters. The minimum Gasteiger partial charge on any atom is -0.748 e. The van der Waals surface area contributed by atoms with Gasteiger partial charge in [0.2, 0.25) is 11.5 Å². The number of phenolic OH excluding ortho intramolecular Hbond substituents is 2. The molecule has 0 radical (unpaired) electrons. The summed E-state index contributed by atoms with van der Waals surface area (Å²) in [6.07, 6.45) is 3.64. The summed E-state index contributed by atoms with van der Waals surface area (Å²) in [6, 6.07) is 21.2. The first-order chi connectivity index (χ1) is 27.0. The van der Waals surface area contributed by atoms with E-state index in [0.717, 1.165) is 0 Å². The van der Waals surface area contributed by atoms with Crippen LogP contribution in [-0.2, 0) is 26.8 Å². The van der Waals surface area contributed by atoms with Crippen molar-refractivity contribution in [1.82, 2.24) is 0 Å². The molecule has 18 heteroatoms. The van der Waals surface area contributed by atoms with E-state index >= 15 is 0 Å². The Morgan fingerprint density at radius 3 is 1.93 bits per heavy atom. The van der Waals surface area contributed by atoms with E-state index in [1.807, 2.05) is 6.92 Å². The number of rotatable bonds is 15. The molecule has 0 bridgehead atoms. The molecule has 2 heterocycles. The monoisotopic (exact) mass is 817 g/mol. The van der Waals surface area contributed by atoms with Crippen LogP contribution in [0.3, 0.4) is 0 Å². The highest BCUT2D eigenvalue weighted by molar-refractivity contribution is 7.85. The van der Waals surface area contributed by atoms with Crippen LogP contribution in [0.4, 0.5) is 17.1 Å². The number of nitrogens with zero attached hydrogens (tertiary/aromatic N) is 2. The Bertz CT molecular complexity index is 2600. The maximum atomic E-state index is 13.2. The van der Waals surface area contributed by atoms with Gasteiger partial charge in [-0.3, -0.25) is 9.59 Å². The summed E-state index contributed by atoms with van der Waals surface area (Å²) < 4.78 is 83.0. The number of oxazole rings is 1. The van der Waals surface area contributed by atoms with E-state index in [4.69, 9.17) is 9.15 Å². The molecule has 298 valence electrons. The third-order valence-corrected chi connectivity index (χ3v) is 10.4. The lowest BCUT2D eigenvalue weighted by molar-refractivity contribution is -0.677. The van der Waals surface area contributed by atoms with Crippen LogP contribution in [0.15, 0.2) is 107 Å². The van der Waals surface area contributed by atoms with Crippen LogP contribution in [0.1, 0.15) is 52.8 Å². The summed E-state index contributed by atoms with van der Waals surface area (Å²) >= 11 is 0. The van der Waals surface area contributed by atoms with Crippen molar-refractivity contribution in [3.63, 3.8) is 0 Å². The third-order valence-electron chi connectivity index (χ3n) is 8.81. The number of ether oxygens (including phenoxy) is 1. The van der Waals surface area contributed by atoms with Gasteiger partial charge in [-0.25, -0.2) is 16.8 Å². The van der Waals surface area contributed by atoms with Crippen LogP contribution in [0.5, 0.6) is 17.2 Å². The van der Waals surface area contributed by atoms with Crippen molar-refractivity contribution in [3.05, 3.63) is 119 Å². The molecule has 1 aromatic heterocycles. The van der Waals surface area contributed by atoms with Gasteiger partial charge in [0, 0.05) is 59.1 Å². The predicted octanol–water partition coefficient (Wildman–Crippen LogP) is 5.04. The summed E-state index contributed by atoms with van der Waals surface area (Å²) in [7, 11) is -9.07. The molecule has 5 aromatic rings. The van der Waals surface area contributed by atoms with E-state index in [0.29, 0.717) is 45.9 Å². The summed E-state index contributed by atoms with van der Waals surface area (Å²) in [4.78, 5) is 28.0. The van der Waals surface area contributed by atoms with Gasteiger partial charge in [-0.15, -0.1) is 0 Å². The molecule has 0 aliphatic carbocycles. The van der Waals surface area contributed by atoms with Gasteiger partial charge in [0.1, 0.15) is 11.5 Å². The van der Waals surface area contributed by atoms with Crippen LogP contribution < -0.4 is 24.8 Å². The van der Waals surface area contributed by atoms with Crippen molar-refractivity contribution in [2.45, 2.75) is 32.7 Å². The number of aromatic nitrogens is 1. The topological polar surface area (TPSA) is 243 Å². The SMILES string of the molecule is CCC(=Cc1oc2ccc(C(=O)Nc3ccc(O)cc3)cc2[n+]1CCCS(=O)(=O)[O-])C=C1Oc2ccc(C(=O)Nc3ccc(O)cc3)cc2N1CCCS(=O)(=O)[O-]. The van der Waals surface area contributed by atoms with Gasteiger partial charge in [0.05, 0.1) is 32.0 Å². The number of hydrogen-bond acceptors (Lipinski definition) is 13. The van der Waals surface area contributed by atoms with Gasteiger partial charge in [-0.2, -0.15) is 4.57 Å². The Morgan fingerprint density at radius 2 is 1.35 bits per heavy atom. The molecule has 2 amide bonds. The van der Waals surface area contributed by atoms with Crippen LogP contribution in [0, 0.1) is 0 Å². The number of amides is 2. The molecule has 4 N–H and O–H groups in total. The number of carbonyl (C=O) groups is 2. The number of hydrogen-bond donors (Lipinski definition) is 4. The molecule has 0 atom stereocenters. The summed E-state index contributed by atoms with van der Waals surface area (Å²) in [5.74, 6) is -1.27. The van der Waals surface area contributed by atoms with E-state index in [-0.39, 0.29) is 60.3 Å². The fourth-order valence-electron chi connectivity index (χ4n) is 6.02. The van der Waals surface area contributed by atoms with Crippen molar-refractivity contribution in [1.29, 1.82) is 0 Å². The van der Waals surface area contributed by atoms with Crippen molar-refractivity contribution >= 4 is 66.3 Å². The first-order valence-corrected chi connectivity index (χ1v) is 20.8. The maximum Gasteiger partial charge on any atom is 0.374 e. The Balaban J connectivity index is 1.34. The van der Waals surface area contributed by atoms with E-state index in [9.17, 15) is 45.7 Å². The average Bonchev–Trinajstić information content (AvgIpc) is 3.67. The smallest absolute Gasteiger partial charge is 0.374 e. The largest absolute Gasteiger partial charge is 0.748 e. The number of aromatic hydroxyl groups is 2. The number of carbonyl (C=O) groups excluding carboxylic acids is 2. The number of nitrogens with one attached hydrogen (secondary N) is 2. The minimum absolute atomic E-state index is 0.0314.